The van der Waals surface area contributed by atoms with Crippen LogP contribution in [0.15, 0.2) is 42.5 Å². The summed E-state index contributed by atoms with van der Waals surface area (Å²) in [6.07, 6.45) is -0.688. The molecule has 0 aliphatic heterocycles. The van der Waals surface area contributed by atoms with Gasteiger partial charge in [0.2, 0.25) is 5.91 Å². The van der Waals surface area contributed by atoms with Gasteiger partial charge in [0.25, 0.3) is 5.91 Å². The van der Waals surface area contributed by atoms with Crippen LogP contribution in [0.3, 0.4) is 0 Å². The van der Waals surface area contributed by atoms with E-state index in [1.54, 1.807) is 51.1 Å². The minimum Gasteiger partial charge on any atom is -0.444 e. The van der Waals surface area contributed by atoms with Gasteiger partial charge in [0.15, 0.2) is 0 Å². The molecule has 154 valence electrons. The minimum absolute atomic E-state index is 0.232. The van der Waals surface area contributed by atoms with Crippen LogP contribution in [0.25, 0.3) is 0 Å². The number of carbonyl (C=O) groups is 3. The largest absolute Gasteiger partial charge is 0.444 e. The first kappa shape index (κ1) is 22.5. The number of alkyl carbamates (subject to hydrolysis) is 1. The number of benzene rings is 2. The van der Waals surface area contributed by atoms with Crippen molar-refractivity contribution in [3.63, 3.8) is 0 Å². The number of ether oxygens (including phenoxy) is 1. The minimum atomic E-state index is -0.688. The quantitative estimate of drug-likeness (QED) is 0.630. The molecule has 0 fully saturated rings. The molecule has 7 nitrogen and oxygen atoms in total. The molecular weight excluding hydrogens is 417 g/mol. The van der Waals surface area contributed by atoms with Crippen molar-refractivity contribution in [1.82, 2.24) is 5.32 Å². The Kier molecular flexibility index (Phi) is 7.47. The van der Waals surface area contributed by atoms with E-state index in [1.165, 1.54) is 12.1 Å². The van der Waals surface area contributed by atoms with E-state index in [9.17, 15) is 14.4 Å². The Bertz CT molecular complexity index is 926. The summed E-state index contributed by atoms with van der Waals surface area (Å²) in [5, 5.41) is 8.34. The zero-order valence-corrected chi connectivity index (χ0v) is 17.6. The normalized spacial score (nSPS) is 10.8. The van der Waals surface area contributed by atoms with Crippen LogP contribution in [0, 0.1) is 0 Å². The van der Waals surface area contributed by atoms with E-state index in [0.29, 0.717) is 16.4 Å². The molecule has 0 aliphatic rings. The first-order valence-corrected chi connectivity index (χ1v) is 9.42. The summed E-state index contributed by atoms with van der Waals surface area (Å²) in [4.78, 5) is 36.0. The Labute approximate surface area is 178 Å². The van der Waals surface area contributed by atoms with Crippen molar-refractivity contribution in [2.24, 2.45) is 0 Å². The van der Waals surface area contributed by atoms with Gasteiger partial charge in [-0.3, -0.25) is 9.59 Å². The van der Waals surface area contributed by atoms with Gasteiger partial charge < -0.3 is 20.7 Å². The highest BCUT2D eigenvalue weighted by Gasteiger charge is 2.17. The molecule has 0 saturated carbocycles. The van der Waals surface area contributed by atoms with Crippen molar-refractivity contribution >= 4 is 52.5 Å². The third-order valence-corrected chi connectivity index (χ3v) is 3.93. The molecule has 3 amide bonds. The predicted octanol–water partition coefficient (Wildman–Crippen LogP) is 4.71. The summed E-state index contributed by atoms with van der Waals surface area (Å²) in [5.41, 5.74) is 0.467. The zero-order valence-electron chi connectivity index (χ0n) is 16.1. The fourth-order valence-corrected chi connectivity index (χ4v) is 2.59. The summed E-state index contributed by atoms with van der Waals surface area (Å²) in [6, 6.07) is 11.1. The molecule has 2 aromatic rings. The number of rotatable bonds is 5. The molecule has 29 heavy (non-hydrogen) atoms. The van der Waals surface area contributed by atoms with Crippen molar-refractivity contribution in [3.05, 3.63) is 58.1 Å². The number of hydrogen-bond donors (Lipinski definition) is 3. The average Bonchev–Trinajstić information content (AvgIpc) is 2.61. The maximum atomic E-state index is 12.4. The lowest BCUT2D eigenvalue weighted by atomic mass is 10.2. The first-order valence-electron chi connectivity index (χ1n) is 8.67. The molecule has 0 spiro atoms. The fraction of sp³-hybridized carbons (Fsp3) is 0.250. The van der Waals surface area contributed by atoms with Gasteiger partial charge in [-0.05, 0) is 57.2 Å². The summed E-state index contributed by atoms with van der Waals surface area (Å²) in [7, 11) is 0. The van der Waals surface area contributed by atoms with E-state index in [4.69, 9.17) is 27.9 Å². The lowest BCUT2D eigenvalue weighted by Crippen LogP contribution is -2.37. The van der Waals surface area contributed by atoms with Gasteiger partial charge in [-0.2, -0.15) is 0 Å². The summed E-state index contributed by atoms with van der Waals surface area (Å²) in [5.74, 6) is -0.884. The van der Waals surface area contributed by atoms with E-state index in [0.717, 1.165) is 0 Å². The lowest BCUT2D eigenvalue weighted by molar-refractivity contribution is -0.115. The van der Waals surface area contributed by atoms with E-state index >= 15 is 0 Å². The second-order valence-corrected chi connectivity index (χ2v) is 7.91. The van der Waals surface area contributed by atoms with E-state index in [2.05, 4.69) is 16.0 Å². The van der Waals surface area contributed by atoms with Crippen LogP contribution in [0.1, 0.15) is 31.1 Å². The monoisotopic (exact) mass is 437 g/mol. The molecule has 2 aromatic carbocycles. The first-order chi connectivity index (χ1) is 13.5. The van der Waals surface area contributed by atoms with Crippen molar-refractivity contribution in [3.8, 4) is 0 Å². The van der Waals surface area contributed by atoms with Crippen LogP contribution in [-0.2, 0) is 9.53 Å². The molecule has 0 unspecified atom stereocenters. The molecular formula is C20H21Cl2N3O4. The number of nitrogens with one attached hydrogen (secondary N) is 3. The molecule has 3 N–H and O–H groups in total. The van der Waals surface area contributed by atoms with Gasteiger partial charge in [-0.25, -0.2) is 4.79 Å². The lowest BCUT2D eigenvalue weighted by Gasteiger charge is -2.19. The van der Waals surface area contributed by atoms with Crippen LogP contribution in [0.2, 0.25) is 10.0 Å². The molecule has 2 rings (SSSR count). The Morgan fingerprint density at radius 2 is 1.62 bits per heavy atom. The number of amides is 3. The van der Waals surface area contributed by atoms with Crippen molar-refractivity contribution in [2.75, 3.05) is 17.2 Å². The number of hydrogen-bond acceptors (Lipinski definition) is 4. The van der Waals surface area contributed by atoms with Crippen molar-refractivity contribution in [2.45, 2.75) is 26.4 Å². The zero-order chi connectivity index (χ0) is 21.6. The van der Waals surface area contributed by atoms with E-state index < -0.39 is 23.5 Å². The van der Waals surface area contributed by atoms with Gasteiger partial charge in [0.05, 0.1) is 10.6 Å². The van der Waals surface area contributed by atoms with Crippen LogP contribution >= 0.6 is 23.2 Å². The van der Waals surface area contributed by atoms with E-state index in [-0.39, 0.29) is 17.1 Å². The van der Waals surface area contributed by atoms with Gasteiger partial charge in [-0.15, -0.1) is 0 Å². The van der Waals surface area contributed by atoms with Crippen LogP contribution in [0.4, 0.5) is 16.2 Å². The Morgan fingerprint density at radius 1 is 0.966 bits per heavy atom. The SMILES string of the molecule is CC(C)(C)OC(=O)NCC(=O)Nc1cccc(NC(=O)c2cc(Cl)ccc2Cl)c1. The van der Waals surface area contributed by atoms with Gasteiger partial charge >= 0.3 is 6.09 Å². The number of carbonyl (C=O) groups excluding carboxylic acids is 3. The number of anilines is 2. The Balaban J connectivity index is 1.95. The average molecular weight is 438 g/mol. The molecule has 0 saturated heterocycles. The van der Waals surface area contributed by atoms with Crippen LogP contribution in [0.5, 0.6) is 0 Å². The summed E-state index contributed by atoms with van der Waals surface area (Å²) < 4.78 is 5.06. The third kappa shape index (κ3) is 7.63. The smallest absolute Gasteiger partial charge is 0.408 e. The topological polar surface area (TPSA) is 96.5 Å². The molecule has 0 aliphatic carbocycles. The molecule has 0 bridgehead atoms. The second kappa shape index (κ2) is 9.62. The Hall–Kier alpha value is -2.77. The summed E-state index contributed by atoms with van der Waals surface area (Å²) >= 11 is 11.9. The van der Waals surface area contributed by atoms with Crippen LogP contribution in [-0.4, -0.2) is 30.1 Å². The highest BCUT2D eigenvalue weighted by molar-refractivity contribution is 6.36. The van der Waals surface area contributed by atoms with Crippen molar-refractivity contribution in [1.29, 1.82) is 0 Å². The third-order valence-electron chi connectivity index (χ3n) is 3.37. The Morgan fingerprint density at radius 3 is 2.28 bits per heavy atom. The molecule has 0 radical (unpaired) electrons. The van der Waals surface area contributed by atoms with Crippen LogP contribution < -0.4 is 16.0 Å². The number of halogens is 2. The van der Waals surface area contributed by atoms with E-state index in [1.807, 2.05) is 0 Å². The van der Waals surface area contributed by atoms with Crippen molar-refractivity contribution < 1.29 is 19.1 Å². The summed E-state index contributed by atoms with van der Waals surface area (Å²) in [6.45, 7) is 4.92. The standard InChI is InChI=1S/C20H21Cl2N3O4/c1-20(2,3)29-19(28)23-11-17(26)24-13-5-4-6-14(10-13)25-18(27)15-9-12(21)7-8-16(15)22/h4-10H,11H2,1-3H3,(H,23,28)(H,24,26)(H,25,27). The maximum Gasteiger partial charge on any atom is 0.408 e. The molecule has 0 aromatic heterocycles. The van der Waals surface area contributed by atoms with Gasteiger partial charge in [0.1, 0.15) is 12.1 Å². The molecule has 9 heteroatoms. The molecule has 0 atom stereocenters. The second-order valence-electron chi connectivity index (χ2n) is 7.06. The van der Waals surface area contributed by atoms with Gasteiger partial charge in [0, 0.05) is 16.4 Å². The fourth-order valence-electron chi connectivity index (χ4n) is 2.22. The van der Waals surface area contributed by atoms with Gasteiger partial charge in [-0.1, -0.05) is 29.3 Å². The maximum absolute atomic E-state index is 12.4. The highest BCUT2D eigenvalue weighted by atomic mass is 35.5. The highest BCUT2D eigenvalue weighted by Crippen LogP contribution is 2.22. The predicted molar refractivity (Wildman–Crippen MR) is 114 cm³/mol. The molecule has 0 heterocycles.